The van der Waals surface area contributed by atoms with Crippen LogP contribution in [-0.2, 0) is 22.6 Å². The van der Waals surface area contributed by atoms with Crippen molar-refractivity contribution in [1.82, 2.24) is 0 Å². The Hall–Kier alpha value is -4.39. The third-order valence-corrected chi connectivity index (χ3v) is 5.57. The second-order valence-corrected chi connectivity index (χ2v) is 7.86. The zero-order valence-electron chi connectivity index (χ0n) is 19.4. The molecule has 7 heteroatoms. The third-order valence-electron chi connectivity index (χ3n) is 5.57. The van der Waals surface area contributed by atoms with Crippen molar-refractivity contribution in [2.45, 2.75) is 19.4 Å². The van der Waals surface area contributed by atoms with Gasteiger partial charge in [0.1, 0.15) is 29.3 Å². The van der Waals surface area contributed by atoms with Gasteiger partial charge in [0.2, 0.25) is 0 Å². The molecule has 0 aliphatic rings. The maximum atomic E-state index is 13.0. The van der Waals surface area contributed by atoms with Crippen molar-refractivity contribution in [3.05, 3.63) is 105 Å². The molecule has 178 valence electrons. The Kier molecular flexibility index (Phi) is 7.26. The molecule has 0 unspecified atom stereocenters. The number of hydrogen-bond acceptors (Lipinski definition) is 7. The molecule has 4 rings (SSSR count). The Bertz CT molecular complexity index is 1400. The molecule has 0 spiro atoms. The molecule has 0 saturated carbocycles. The van der Waals surface area contributed by atoms with E-state index in [0.717, 1.165) is 11.1 Å². The number of rotatable bonds is 9. The number of ketones is 1. The standard InChI is InChI=1S/C28H24O7/c1-32-21-14-24(33-2)22-16-23(28(31)35-25(22)15-21)27(30)20-11-8-18(9-12-20)10-13-26(29)34-17-19-6-4-3-5-7-19/h3-9,11-12,14-16H,10,13,17H2,1-2H3. The van der Waals surface area contributed by atoms with Crippen LogP contribution in [0.1, 0.15) is 33.5 Å². The molecule has 0 atom stereocenters. The van der Waals surface area contributed by atoms with Gasteiger partial charge in [-0.05, 0) is 23.6 Å². The van der Waals surface area contributed by atoms with Crippen LogP contribution >= 0.6 is 0 Å². The lowest BCUT2D eigenvalue weighted by Crippen LogP contribution is -2.15. The summed E-state index contributed by atoms with van der Waals surface area (Å²) in [6.07, 6.45) is 0.691. The van der Waals surface area contributed by atoms with Crippen LogP contribution in [0.3, 0.4) is 0 Å². The van der Waals surface area contributed by atoms with Gasteiger partial charge in [-0.2, -0.15) is 0 Å². The summed E-state index contributed by atoms with van der Waals surface area (Å²) in [5.74, 6) is 0.128. The van der Waals surface area contributed by atoms with Crippen LogP contribution in [0.4, 0.5) is 0 Å². The summed E-state index contributed by atoms with van der Waals surface area (Å²) in [6.45, 7) is 0.235. The first-order valence-electron chi connectivity index (χ1n) is 11.0. The third kappa shape index (κ3) is 5.58. The topological polar surface area (TPSA) is 92.0 Å². The predicted octanol–water partition coefficient (Wildman–Crippen LogP) is 4.72. The highest BCUT2D eigenvalue weighted by Gasteiger charge is 2.18. The lowest BCUT2D eigenvalue weighted by atomic mass is 10.0. The Balaban J connectivity index is 1.44. The molecule has 35 heavy (non-hydrogen) atoms. The number of esters is 1. The molecule has 0 aliphatic carbocycles. The lowest BCUT2D eigenvalue weighted by Gasteiger charge is -2.09. The van der Waals surface area contributed by atoms with Crippen molar-refractivity contribution in [3.63, 3.8) is 0 Å². The number of carbonyl (C=O) groups is 2. The maximum absolute atomic E-state index is 13.0. The van der Waals surface area contributed by atoms with Crippen molar-refractivity contribution >= 4 is 22.7 Å². The average Bonchev–Trinajstić information content (AvgIpc) is 2.90. The number of carbonyl (C=O) groups excluding carboxylic acids is 2. The molecule has 0 N–H and O–H groups in total. The molecule has 0 bridgehead atoms. The lowest BCUT2D eigenvalue weighted by molar-refractivity contribution is -0.144. The van der Waals surface area contributed by atoms with E-state index in [1.807, 2.05) is 30.3 Å². The van der Waals surface area contributed by atoms with Gasteiger partial charge in [-0.3, -0.25) is 9.59 Å². The van der Waals surface area contributed by atoms with Crippen LogP contribution in [0.5, 0.6) is 11.5 Å². The second-order valence-electron chi connectivity index (χ2n) is 7.86. The Morgan fingerprint density at radius 3 is 2.29 bits per heavy atom. The van der Waals surface area contributed by atoms with Crippen LogP contribution in [0.15, 0.2) is 82.0 Å². The highest BCUT2D eigenvalue weighted by Crippen LogP contribution is 2.31. The highest BCUT2D eigenvalue weighted by atomic mass is 16.5. The Morgan fingerprint density at radius 2 is 1.60 bits per heavy atom. The van der Waals surface area contributed by atoms with E-state index >= 15 is 0 Å². The van der Waals surface area contributed by atoms with Crippen LogP contribution in [0.2, 0.25) is 0 Å². The molecule has 0 amide bonds. The van der Waals surface area contributed by atoms with Crippen LogP contribution in [0, 0.1) is 0 Å². The molecule has 4 aromatic rings. The normalized spacial score (nSPS) is 10.7. The van der Waals surface area contributed by atoms with Gasteiger partial charge in [0.15, 0.2) is 5.78 Å². The van der Waals surface area contributed by atoms with Gasteiger partial charge in [-0.15, -0.1) is 0 Å². The summed E-state index contributed by atoms with van der Waals surface area (Å²) in [5, 5.41) is 0.488. The van der Waals surface area contributed by atoms with Gasteiger partial charge >= 0.3 is 11.6 Å². The zero-order valence-corrected chi connectivity index (χ0v) is 19.4. The molecular weight excluding hydrogens is 448 g/mol. The molecule has 0 saturated heterocycles. The van der Waals surface area contributed by atoms with Gasteiger partial charge in [0.25, 0.3) is 0 Å². The van der Waals surface area contributed by atoms with Crippen molar-refractivity contribution in [1.29, 1.82) is 0 Å². The van der Waals surface area contributed by atoms with Gasteiger partial charge in [0.05, 0.1) is 19.6 Å². The minimum atomic E-state index is -0.747. The molecule has 0 radical (unpaired) electrons. The number of fused-ring (bicyclic) bond motifs is 1. The first kappa shape index (κ1) is 23.8. The minimum absolute atomic E-state index is 0.0989. The fourth-order valence-electron chi connectivity index (χ4n) is 3.64. The summed E-state index contributed by atoms with van der Waals surface area (Å²) in [7, 11) is 2.98. The molecule has 7 nitrogen and oxygen atoms in total. The van der Waals surface area contributed by atoms with E-state index in [1.54, 1.807) is 36.4 Å². The molecule has 3 aromatic carbocycles. The van der Waals surface area contributed by atoms with Crippen LogP contribution < -0.4 is 15.1 Å². The SMILES string of the molecule is COc1cc(OC)c2cc(C(=O)c3ccc(CCC(=O)OCc4ccccc4)cc3)c(=O)oc2c1. The van der Waals surface area contributed by atoms with Crippen molar-refractivity contribution in [2.75, 3.05) is 14.2 Å². The average molecular weight is 472 g/mol. The van der Waals surface area contributed by atoms with Crippen molar-refractivity contribution in [2.24, 2.45) is 0 Å². The summed E-state index contributed by atoms with van der Waals surface area (Å²) >= 11 is 0. The summed E-state index contributed by atoms with van der Waals surface area (Å²) in [5.41, 5.74) is 1.55. The first-order valence-corrected chi connectivity index (χ1v) is 11.0. The van der Waals surface area contributed by atoms with Gasteiger partial charge in [-0.25, -0.2) is 4.79 Å². The van der Waals surface area contributed by atoms with Gasteiger partial charge < -0.3 is 18.6 Å². The second kappa shape index (κ2) is 10.7. The zero-order chi connectivity index (χ0) is 24.8. The number of methoxy groups -OCH3 is 2. The smallest absolute Gasteiger partial charge is 0.347 e. The van der Waals surface area contributed by atoms with Crippen molar-refractivity contribution < 1.29 is 28.2 Å². The Morgan fingerprint density at radius 1 is 0.857 bits per heavy atom. The quantitative estimate of drug-likeness (QED) is 0.198. The number of ether oxygens (including phenoxy) is 3. The monoisotopic (exact) mass is 472 g/mol. The van der Waals surface area contributed by atoms with Crippen molar-refractivity contribution in [3.8, 4) is 11.5 Å². The number of aryl methyl sites for hydroxylation is 1. The van der Waals surface area contributed by atoms with E-state index in [2.05, 4.69) is 0 Å². The fourth-order valence-corrected chi connectivity index (χ4v) is 3.64. The number of benzene rings is 3. The maximum Gasteiger partial charge on any atom is 0.347 e. The van der Waals surface area contributed by atoms with Crippen LogP contribution in [0.25, 0.3) is 11.0 Å². The Labute approximate surface area is 201 Å². The molecule has 1 heterocycles. The number of hydrogen-bond donors (Lipinski definition) is 0. The highest BCUT2D eigenvalue weighted by molar-refractivity contribution is 6.10. The summed E-state index contributed by atoms with van der Waals surface area (Å²) in [6, 6.07) is 20.9. The van der Waals surface area contributed by atoms with E-state index in [-0.39, 0.29) is 30.1 Å². The van der Waals surface area contributed by atoms with Crippen LogP contribution in [-0.4, -0.2) is 26.0 Å². The van der Waals surface area contributed by atoms with E-state index < -0.39 is 11.4 Å². The van der Waals surface area contributed by atoms with Gasteiger partial charge in [-0.1, -0.05) is 54.6 Å². The molecule has 0 aliphatic heterocycles. The molecule has 1 aromatic heterocycles. The molecule has 0 fully saturated rings. The summed E-state index contributed by atoms with van der Waals surface area (Å²) < 4.78 is 21.2. The minimum Gasteiger partial charge on any atom is -0.496 e. The summed E-state index contributed by atoms with van der Waals surface area (Å²) in [4.78, 5) is 37.6. The van der Waals surface area contributed by atoms with E-state index in [0.29, 0.717) is 28.9 Å². The van der Waals surface area contributed by atoms with E-state index in [1.165, 1.54) is 20.3 Å². The fraction of sp³-hybridized carbons (Fsp3) is 0.179. The largest absolute Gasteiger partial charge is 0.496 e. The van der Waals surface area contributed by atoms with Gasteiger partial charge in [0, 0.05) is 24.1 Å². The first-order chi connectivity index (χ1) is 17.0. The van der Waals surface area contributed by atoms with E-state index in [9.17, 15) is 14.4 Å². The molecular formula is C28H24O7. The predicted molar refractivity (Wildman–Crippen MR) is 130 cm³/mol. The van der Waals surface area contributed by atoms with E-state index in [4.69, 9.17) is 18.6 Å².